The lowest BCUT2D eigenvalue weighted by Gasteiger charge is -2.09. The van der Waals surface area contributed by atoms with Crippen LogP contribution in [0.1, 0.15) is 5.56 Å². The Hall–Kier alpha value is -3.14. The second kappa shape index (κ2) is 6.88. The Kier molecular flexibility index (Phi) is 4.40. The van der Waals surface area contributed by atoms with E-state index in [4.69, 9.17) is 0 Å². The molecule has 0 unspecified atom stereocenters. The minimum Gasteiger partial charge on any atom is -0.406 e. The van der Waals surface area contributed by atoms with Crippen molar-refractivity contribution < 1.29 is 17.9 Å². The molecule has 6 nitrogen and oxygen atoms in total. The van der Waals surface area contributed by atoms with E-state index in [-0.39, 0.29) is 5.75 Å². The summed E-state index contributed by atoms with van der Waals surface area (Å²) in [6.45, 7) is 0.573. The van der Waals surface area contributed by atoms with E-state index in [1.807, 2.05) is 12.1 Å². The van der Waals surface area contributed by atoms with E-state index >= 15 is 0 Å². The van der Waals surface area contributed by atoms with Crippen molar-refractivity contribution in [3.05, 3.63) is 60.6 Å². The molecule has 1 aromatic carbocycles. The molecule has 0 saturated carbocycles. The third-order valence-corrected chi connectivity index (χ3v) is 4.52. The van der Waals surface area contributed by atoms with Gasteiger partial charge in [-0.15, -0.1) is 18.3 Å². The fourth-order valence-corrected chi connectivity index (χ4v) is 3.26. The highest BCUT2D eigenvalue weighted by atomic mass is 32.1. The molecule has 3 aromatic heterocycles. The normalized spacial score (nSPS) is 11.7. The van der Waals surface area contributed by atoms with Gasteiger partial charge in [0.1, 0.15) is 5.75 Å². The highest BCUT2D eigenvalue weighted by Gasteiger charge is 2.31. The van der Waals surface area contributed by atoms with Gasteiger partial charge >= 0.3 is 6.36 Å². The van der Waals surface area contributed by atoms with E-state index in [2.05, 4.69) is 25.1 Å². The summed E-state index contributed by atoms with van der Waals surface area (Å²) in [4.78, 5) is 8.88. The SMILES string of the molecule is FC(F)(F)Oc1cccc(-c2cnc3sc(NCc4ccncc4)nn23)c1. The van der Waals surface area contributed by atoms with Gasteiger partial charge < -0.3 is 10.1 Å². The molecular weight excluding hydrogens is 379 g/mol. The maximum Gasteiger partial charge on any atom is 0.573 e. The van der Waals surface area contributed by atoms with Gasteiger partial charge in [-0.2, -0.15) is 0 Å². The third kappa shape index (κ3) is 4.00. The van der Waals surface area contributed by atoms with Crippen LogP contribution in [0.5, 0.6) is 5.75 Å². The molecule has 0 aliphatic heterocycles. The molecule has 27 heavy (non-hydrogen) atoms. The first kappa shape index (κ1) is 17.3. The number of halogens is 3. The van der Waals surface area contributed by atoms with E-state index in [0.29, 0.717) is 27.9 Å². The van der Waals surface area contributed by atoms with Gasteiger partial charge in [-0.05, 0) is 29.8 Å². The average Bonchev–Trinajstić information content (AvgIpc) is 3.20. The molecule has 138 valence electrons. The van der Waals surface area contributed by atoms with E-state index in [9.17, 15) is 13.2 Å². The molecule has 0 saturated heterocycles. The van der Waals surface area contributed by atoms with Gasteiger partial charge in [-0.25, -0.2) is 9.50 Å². The van der Waals surface area contributed by atoms with Crippen molar-refractivity contribution in [1.29, 1.82) is 0 Å². The van der Waals surface area contributed by atoms with E-state index in [1.54, 1.807) is 29.2 Å². The minimum atomic E-state index is -4.74. The first-order valence-electron chi connectivity index (χ1n) is 7.81. The minimum absolute atomic E-state index is 0.291. The number of pyridine rings is 1. The molecular formula is C17H12F3N5OS. The van der Waals surface area contributed by atoms with Gasteiger partial charge in [0, 0.05) is 24.5 Å². The Morgan fingerprint density at radius 1 is 1.15 bits per heavy atom. The zero-order valence-electron chi connectivity index (χ0n) is 13.6. The number of imidazole rings is 1. The monoisotopic (exact) mass is 391 g/mol. The lowest BCUT2D eigenvalue weighted by atomic mass is 10.1. The average molecular weight is 391 g/mol. The van der Waals surface area contributed by atoms with Crippen molar-refractivity contribution in [2.24, 2.45) is 0 Å². The summed E-state index contributed by atoms with van der Waals surface area (Å²) in [5.74, 6) is -0.291. The molecule has 3 heterocycles. The van der Waals surface area contributed by atoms with Crippen LogP contribution in [0.3, 0.4) is 0 Å². The summed E-state index contributed by atoms with van der Waals surface area (Å²) in [6, 6.07) is 9.51. The van der Waals surface area contributed by atoms with Crippen molar-refractivity contribution in [2.75, 3.05) is 5.32 Å². The predicted molar refractivity (Wildman–Crippen MR) is 94.5 cm³/mol. The Morgan fingerprint density at radius 3 is 2.74 bits per heavy atom. The van der Waals surface area contributed by atoms with E-state index < -0.39 is 6.36 Å². The maximum atomic E-state index is 12.4. The van der Waals surface area contributed by atoms with Gasteiger partial charge in [-0.1, -0.05) is 23.5 Å². The topological polar surface area (TPSA) is 64.3 Å². The van der Waals surface area contributed by atoms with Crippen LogP contribution in [0, 0.1) is 0 Å². The number of fused-ring (bicyclic) bond motifs is 1. The zero-order valence-corrected chi connectivity index (χ0v) is 14.5. The fraction of sp³-hybridized carbons (Fsp3) is 0.118. The zero-order chi connectivity index (χ0) is 18.9. The summed E-state index contributed by atoms with van der Waals surface area (Å²) in [7, 11) is 0. The second-order valence-electron chi connectivity index (χ2n) is 5.53. The third-order valence-electron chi connectivity index (χ3n) is 3.64. The second-order valence-corrected chi connectivity index (χ2v) is 6.49. The quantitative estimate of drug-likeness (QED) is 0.548. The van der Waals surface area contributed by atoms with Crippen LogP contribution >= 0.6 is 11.3 Å². The number of aromatic nitrogens is 4. The molecule has 0 fully saturated rings. The molecule has 0 aliphatic carbocycles. The number of hydrogen-bond acceptors (Lipinski definition) is 6. The summed E-state index contributed by atoms with van der Waals surface area (Å²) >= 11 is 1.35. The first-order valence-corrected chi connectivity index (χ1v) is 8.63. The molecule has 4 rings (SSSR count). The Balaban J connectivity index is 1.58. The fourth-order valence-electron chi connectivity index (χ4n) is 2.49. The van der Waals surface area contributed by atoms with Gasteiger partial charge in [0.05, 0.1) is 11.9 Å². The molecule has 0 aliphatic rings. The summed E-state index contributed by atoms with van der Waals surface area (Å²) in [6.07, 6.45) is 0.244. The Bertz CT molecular complexity index is 1060. The molecule has 4 aromatic rings. The number of hydrogen-bond donors (Lipinski definition) is 1. The van der Waals surface area contributed by atoms with Crippen LogP contribution in [0.2, 0.25) is 0 Å². The number of nitrogens with one attached hydrogen (secondary N) is 1. The van der Waals surface area contributed by atoms with Gasteiger partial charge in [0.15, 0.2) is 0 Å². The van der Waals surface area contributed by atoms with Crippen molar-refractivity contribution in [2.45, 2.75) is 12.9 Å². The van der Waals surface area contributed by atoms with E-state index in [0.717, 1.165) is 5.56 Å². The number of benzene rings is 1. The number of rotatable bonds is 5. The molecule has 0 bridgehead atoms. The Labute approximate surface area is 155 Å². The summed E-state index contributed by atoms with van der Waals surface area (Å²) in [5.41, 5.74) is 2.15. The Morgan fingerprint density at radius 2 is 1.96 bits per heavy atom. The number of anilines is 1. The lowest BCUT2D eigenvalue weighted by Crippen LogP contribution is -2.17. The van der Waals surface area contributed by atoms with Crippen LogP contribution < -0.4 is 10.1 Å². The predicted octanol–water partition coefficient (Wildman–Crippen LogP) is 4.36. The highest BCUT2D eigenvalue weighted by Crippen LogP contribution is 2.30. The molecule has 0 amide bonds. The lowest BCUT2D eigenvalue weighted by molar-refractivity contribution is -0.274. The van der Waals surface area contributed by atoms with Crippen molar-refractivity contribution in [3.8, 4) is 17.0 Å². The van der Waals surface area contributed by atoms with Crippen molar-refractivity contribution in [1.82, 2.24) is 19.6 Å². The van der Waals surface area contributed by atoms with Gasteiger partial charge in [0.25, 0.3) is 0 Å². The largest absolute Gasteiger partial charge is 0.573 e. The maximum absolute atomic E-state index is 12.4. The number of nitrogens with zero attached hydrogens (tertiary/aromatic N) is 4. The van der Waals surface area contributed by atoms with Gasteiger partial charge in [-0.3, -0.25) is 4.98 Å². The van der Waals surface area contributed by atoms with Gasteiger partial charge in [0.2, 0.25) is 10.1 Å². The van der Waals surface area contributed by atoms with Crippen LogP contribution in [0.4, 0.5) is 18.3 Å². The summed E-state index contributed by atoms with van der Waals surface area (Å²) in [5, 5.41) is 8.31. The smallest absolute Gasteiger partial charge is 0.406 e. The number of ether oxygens (including phenoxy) is 1. The summed E-state index contributed by atoms with van der Waals surface area (Å²) < 4.78 is 42.9. The molecule has 0 spiro atoms. The molecule has 0 atom stereocenters. The van der Waals surface area contributed by atoms with Crippen molar-refractivity contribution in [3.63, 3.8) is 0 Å². The highest BCUT2D eigenvalue weighted by molar-refractivity contribution is 7.20. The standard InChI is InChI=1S/C17H12F3N5OS/c18-17(19,20)26-13-3-1-2-12(8-13)14-10-23-16-25(14)24-15(27-16)22-9-11-4-6-21-7-5-11/h1-8,10H,9H2,(H,22,24). The van der Waals surface area contributed by atoms with Crippen molar-refractivity contribution >= 4 is 21.4 Å². The van der Waals surface area contributed by atoms with Crippen LogP contribution in [-0.2, 0) is 6.54 Å². The molecule has 1 N–H and O–H groups in total. The van der Waals surface area contributed by atoms with E-state index in [1.165, 1.54) is 29.5 Å². The molecule has 10 heteroatoms. The van der Waals surface area contributed by atoms with Crippen LogP contribution in [-0.4, -0.2) is 25.9 Å². The van der Waals surface area contributed by atoms with Crippen LogP contribution in [0.15, 0.2) is 55.0 Å². The first-order chi connectivity index (χ1) is 13.0. The number of alkyl halides is 3. The van der Waals surface area contributed by atoms with Crippen LogP contribution in [0.25, 0.3) is 16.2 Å². The molecule has 0 radical (unpaired) electrons.